The molecule has 1 saturated carbocycles. The van der Waals surface area contributed by atoms with E-state index in [9.17, 15) is 0 Å². The van der Waals surface area contributed by atoms with E-state index in [1.54, 1.807) is 12.4 Å². The van der Waals surface area contributed by atoms with Gasteiger partial charge < -0.3 is 15.3 Å². The third kappa shape index (κ3) is 6.87. The van der Waals surface area contributed by atoms with Gasteiger partial charge in [-0.2, -0.15) is 5.10 Å². The Balaban J connectivity index is 0.000000198. The second-order valence-corrected chi connectivity index (χ2v) is 8.94. The van der Waals surface area contributed by atoms with E-state index < -0.39 is 0 Å². The maximum Gasteiger partial charge on any atom is 0.133 e. The van der Waals surface area contributed by atoms with Crippen LogP contribution in [0.15, 0.2) is 52.0 Å². The number of allylic oxidation sites excluding steroid dienone is 6. The van der Waals surface area contributed by atoms with Gasteiger partial charge in [-0.05, 0) is 49.8 Å². The van der Waals surface area contributed by atoms with Gasteiger partial charge in [0.25, 0.3) is 0 Å². The first-order chi connectivity index (χ1) is 15.6. The molecular weight excluding hydrogens is 396 g/mol. The zero-order chi connectivity index (χ0) is 22.8. The number of hydrogen-bond acceptors (Lipinski definition) is 5. The number of aromatic amines is 1. The van der Waals surface area contributed by atoms with Gasteiger partial charge in [0.2, 0.25) is 0 Å². The summed E-state index contributed by atoms with van der Waals surface area (Å²) in [5.41, 5.74) is 6.11. The Morgan fingerprint density at radius 3 is 2.75 bits per heavy atom. The van der Waals surface area contributed by atoms with E-state index in [4.69, 9.17) is 5.41 Å². The number of nitrogens with zero attached hydrogens (tertiary/aromatic N) is 4. The topological polar surface area (TPSA) is 80.5 Å². The molecule has 6 nitrogen and oxygen atoms in total. The van der Waals surface area contributed by atoms with Crippen molar-refractivity contribution < 1.29 is 0 Å². The van der Waals surface area contributed by atoms with Crippen molar-refractivity contribution in [3.8, 4) is 0 Å². The zero-order valence-corrected chi connectivity index (χ0v) is 19.9. The second-order valence-electron chi connectivity index (χ2n) is 8.94. The molecule has 0 amide bonds. The predicted molar refractivity (Wildman–Crippen MR) is 134 cm³/mol. The molecule has 3 aliphatic rings. The molecule has 2 aliphatic heterocycles. The Kier molecular flexibility index (Phi) is 9.20. The molecular formula is C26H38N6. The smallest absolute Gasteiger partial charge is 0.133 e. The molecule has 172 valence electrons. The minimum atomic E-state index is 0.883. The number of aromatic nitrogens is 2. The first kappa shape index (κ1) is 23.9. The molecule has 1 aromatic rings. The van der Waals surface area contributed by atoms with Gasteiger partial charge in [-0.15, -0.1) is 5.10 Å². The van der Waals surface area contributed by atoms with Gasteiger partial charge in [0.15, 0.2) is 0 Å². The Hall–Kier alpha value is -2.76. The van der Waals surface area contributed by atoms with Crippen LogP contribution < -0.4 is 0 Å². The highest BCUT2D eigenvalue weighted by Crippen LogP contribution is 2.31. The lowest BCUT2D eigenvalue weighted by molar-refractivity contribution is 0.326. The Morgan fingerprint density at radius 1 is 1.22 bits per heavy atom. The Labute approximate surface area is 192 Å². The monoisotopic (exact) mass is 434 g/mol. The molecule has 0 aromatic carbocycles. The van der Waals surface area contributed by atoms with E-state index in [0.717, 1.165) is 56.1 Å². The summed E-state index contributed by atoms with van der Waals surface area (Å²) in [4.78, 5) is 9.91. The lowest BCUT2D eigenvalue weighted by Gasteiger charge is -2.28. The summed E-state index contributed by atoms with van der Waals surface area (Å²) in [6.45, 7) is 8.17. The number of imidazole rings is 1. The van der Waals surface area contributed by atoms with E-state index >= 15 is 0 Å². The van der Waals surface area contributed by atoms with Gasteiger partial charge in [-0.25, -0.2) is 4.98 Å². The fourth-order valence-corrected chi connectivity index (χ4v) is 4.00. The molecule has 0 radical (unpaired) electrons. The predicted octanol–water partition coefficient (Wildman–Crippen LogP) is 6.00. The van der Waals surface area contributed by atoms with Crippen molar-refractivity contribution in [2.45, 2.75) is 78.7 Å². The van der Waals surface area contributed by atoms with Crippen LogP contribution in [-0.4, -0.2) is 39.2 Å². The van der Waals surface area contributed by atoms with E-state index in [2.05, 4.69) is 57.1 Å². The highest BCUT2D eigenvalue weighted by molar-refractivity contribution is 6.06. The normalized spacial score (nSPS) is 19.2. The Morgan fingerprint density at radius 2 is 2.03 bits per heavy atom. The van der Waals surface area contributed by atoms with Crippen LogP contribution in [0.3, 0.4) is 0 Å². The third-order valence-electron chi connectivity index (χ3n) is 6.45. The van der Waals surface area contributed by atoms with E-state index in [0.29, 0.717) is 0 Å². The maximum absolute atomic E-state index is 6.92. The highest BCUT2D eigenvalue weighted by atomic mass is 15.3. The molecule has 32 heavy (non-hydrogen) atoms. The van der Waals surface area contributed by atoms with Crippen molar-refractivity contribution >= 4 is 17.8 Å². The molecule has 1 fully saturated rings. The van der Waals surface area contributed by atoms with Gasteiger partial charge in [0, 0.05) is 31.3 Å². The number of unbranched alkanes of at least 4 members (excludes halogenated alkanes) is 1. The first-order valence-electron chi connectivity index (χ1n) is 12.0. The van der Waals surface area contributed by atoms with Gasteiger partial charge in [-0.3, -0.25) is 0 Å². The molecule has 1 aliphatic carbocycles. The average molecular weight is 435 g/mol. The van der Waals surface area contributed by atoms with E-state index in [1.165, 1.54) is 54.6 Å². The number of hydrogen-bond donors (Lipinski definition) is 2. The van der Waals surface area contributed by atoms with Crippen LogP contribution in [0.2, 0.25) is 0 Å². The second kappa shape index (κ2) is 12.3. The zero-order valence-electron chi connectivity index (χ0n) is 19.9. The van der Waals surface area contributed by atoms with Crippen LogP contribution in [0.5, 0.6) is 0 Å². The van der Waals surface area contributed by atoms with Crippen LogP contribution in [0.1, 0.15) is 77.1 Å². The highest BCUT2D eigenvalue weighted by Gasteiger charge is 2.27. The third-order valence-corrected chi connectivity index (χ3v) is 6.45. The lowest BCUT2D eigenvalue weighted by atomic mass is 9.81. The maximum atomic E-state index is 6.92. The van der Waals surface area contributed by atoms with Gasteiger partial charge in [0.1, 0.15) is 5.84 Å². The van der Waals surface area contributed by atoms with Crippen LogP contribution >= 0.6 is 0 Å². The summed E-state index contributed by atoms with van der Waals surface area (Å²) in [5, 5.41) is 15.7. The van der Waals surface area contributed by atoms with Crippen LogP contribution in [0.25, 0.3) is 0 Å². The number of H-pyrrole nitrogens is 1. The van der Waals surface area contributed by atoms with Crippen LogP contribution in [0, 0.1) is 11.3 Å². The summed E-state index contributed by atoms with van der Waals surface area (Å²) in [6, 6.07) is 0. The van der Waals surface area contributed by atoms with Gasteiger partial charge >= 0.3 is 0 Å². The number of rotatable bonds is 7. The molecule has 6 heteroatoms. The summed E-state index contributed by atoms with van der Waals surface area (Å²) in [6.07, 6.45) is 20.9. The van der Waals surface area contributed by atoms with Crippen molar-refractivity contribution in [3.05, 3.63) is 53.2 Å². The molecule has 2 N–H and O–H groups in total. The van der Waals surface area contributed by atoms with Crippen molar-refractivity contribution in [1.29, 1.82) is 5.41 Å². The lowest BCUT2D eigenvalue weighted by Crippen LogP contribution is -2.36. The summed E-state index contributed by atoms with van der Waals surface area (Å²) < 4.78 is 0. The van der Waals surface area contributed by atoms with Gasteiger partial charge in [-0.1, -0.05) is 50.8 Å². The number of amidine groups is 1. The molecule has 4 rings (SSSR count). The quantitative estimate of drug-likeness (QED) is 0.407. The summed E-state index contributed by atoms with van der Waals surface area (Å²) in [5.74, 6) is 2.03. The average Bonchev–Trinajstić information content (AvgIpc) is 3.43. The standard InChI is InChI=1S/C14H19N5.C12H19N/c1-2-10(3-1)6-11-7-14(18-17-11)19-5-4-12-13(8-19)16-9-15-12;1-4-5-6-7-8-11(2)12(3)9-10-13/h9-10H,1-8H2,(H,15,16);6-10,13H,4-5H2,1-3H3/b;7-6-,11-8-,12-9+,13-10?. The number of nitrogens with one attached hydrogen (secondary N) is 2. The fraction of sp³-hybridized carbons (Fsp3) is 0.538. The molecule has 0 atom stereocenters. The minimum Gasteiger partial charge on any atom is -0.352 e. The van der Waals surface area contributed by atoms with Crippen molar-refractivity contribution in [2.24, 2.45) is 16.1 Å². The molecule has 0 spiro atoms. The fourth-order valence-electron chi connectivity index (χ4n) is 4.00. The van der Waals surface area contributed by atoms with Crippen molar-refractivity contribution in [3.63, 3.8) is 0 Å². The molecule has 1 aromatic heterocycles. The van der Waals surface area contributed by atoms with E-state index in [1.807, 2.05) is 6.92 Å². The molecule has 0 unspecified atom stereocenters. The Bertz CT molecular complexity index is 911. The van der Waals surface area contributed by atoms with Crippen LogP contribution in [-0.2, 0) is 13.0 Å². The molecule has 0 saturated heterocycles. The van der Waals surface area contributed by atoms with E-state index in [-0.39, 0.29) is 0 Å². The van der Waals surface area contributed by atoms with Gasteiger partial charge in [0.05, 0.1) is 24.3 Å². The summed E-state index contributed by atoms with van der Waals surface area (Å²) >= 11 is 0. The van der Waals surface area contributed by atoms with Crippen LogP contribution in [0.4, 0.5) is 0 Å². The SMILES string of the molecule is CCC\C=C/C=C(C)\C(C)=C\C=N.c1nc2c([nH]1)CN(C1=NN=C(CC3CCC3)C1)CC2. The number of fused-ring (bicyclic) bond motifs is 1. The minimum absolute atomic E-state index is 0.883. The summed E-state index contributed by atoms with van der Waals surface area (Å²) in [7, 11) is 0. The molecule has 0 bridgehead atoms. The van der Waals surface area contributed by atoms with Crippen molar-refractivity contribution in [2.75, 3.05) is 6.54 Å². The largest absolute Gasteiger partial charge is 0.352 e. The molecule has 3 heterocycles. The van der Waals surface area contributed by atoms with Crippen molar-refractivity contribution in [1.82, 2.24) is 14.9 Å². The first-order valence-corrected chi connectivity index (χ1v) is 12.0.